The normalized spacial score (nSPS) is 13.8. The summed E-state index contributed by atoms with van der Waals surface area (Å²) in [5.41, 5.74) is 0.0294. The highest BCUT2D eigenvalue weighted by atomic mass is 35.5. The highest BCUT2D eigenvalue weighted by Gasteiger charge is 2.35. The van der Waals surface area contributed by atoms with Gasteiger partial charge in [-0.2, -0.15) is 4.98 Å². The van der Waals surface area contributed by atoms with Crippen LogP contribution < -0.4 is 11.2 Å². The molecule has 12 heteroatoms. The van der Waals surface area contributed by atoms with E-state index in [4.69, 9.17) is 16.1 Å². The third-order valence-electron chi connectivity index (χ3n) is 6.14. The van der Waals surface area contributed by atoms with Gasteiger partial charge in [0.25, 0.3) is 17.4 Å². The maximum absolute atomic E-state index is 13.0. The predicted molar refractivity (Wildman–Crippen MR) is 130 cm³/mol. The average molecular weight is 522 g/mol. The molecular weight excluding hydrogens is 502 g/mol. The molecule has 0 saturated carbocycles. The summed E-state index contributed by atoms with van der Waals surface area (Å²) >= 11 is 5.87. The summed E-state index contributed by atoms with van der Waals surface area (Å²) in [7, 11) is 1.44. The minimum atomic E-state index is -0.903. The minimum Gasteiger partial charge on any atom is -0.388 e. The molecule has 37 heavy (non-hydrogen) atoms. The number of aliphatic hydroxyl groups is 1. The molecule has 4 aromatic rings. The van der Waals surface area contributed by atoms with E-state index in [0.29, 0.717) is 10.6 Å². The number of hydrogen-bond donors (Lipinski definition) is 1. The average Bonchev–Trinajstić information content (AvgIpc) is 3.43. The third kappa shape index (κ3) is 4.61. The fourth-order valence-corrected chi connectivity index (χ4v) is 4.23. The largest absolute Gasteiger partial charge is 0.388 e. The Morgan fingerprint density at radius 2 is 1.62 bits per heavy atom. The van der Waals surface area contributed by atoms with Crippen LogP contribution in [-0.4, -0.2) is 41.1 Å². The van der Waals surface area contributed by atoms with Gasteiger partial charge in [0.2, 0.25) is 5.89 Å². The first-order chi connectivity index (χ1) is 17.7. The number of imide groups is 1. The van der Waals surface area contributed by atoms with Gasteiger partial charge in [-0.05, 0) is 29.8 Å². The van der Waals surface area contributed by atoms with Crippen LogP contribution in [0.25, 0.3) is 0 Å². The first-order valence-electron chi connectivity index (χ1n) is 11.2. The van der Waals surface area contributed by atoms with Crippen molar-refractivity contribution in [2.45, 2.75) is 25.6 Å². The summed E-state index contributed by atoms with van der Waals surface area (Å²) in [6.45, 7) is -0.524. The van der Waals surface area contributed by atoms with Gasteiger partial charge in [0.15, 0.2) is 5.82 Å². The molecule has 5 rings (SSSR count). The summed E-state index contributed by atoms with van der Waals surface area (Å²) in [5, 5.41) is 14.8. The molecule has 3 heterocycles. The van der Waals surface area contributed by atoms with E-state index in [0.717, 1.165) is 9.47 Å². The number of carbonyl (C=O) groups excluding carboxylic acids is 2. The Morgan fingerprint density at radius 3 is 2.27 bits per heavy atom. The van der Waals surface area contributed by atoms with Gasteiger partial charge in [0.05, 0.1) is 23.8 Å². The maximum atomic E-state index is 13.0. The van der Waals surface area contributed by atoms with E-state index in [1.54, 1.807) is 48.5 Å². The number of carbonyl (C=O) groups is 2. The summed E-state index contributed by atoms with van der Waals surface area (Å²) in [6.07, 6.45) is -0.850. The Kier molecular flexibility index (Phi) is 6.32. The lowest BCUT2D eigenvalue weighted by Gasteiger charge is -2.17. The smallest absolute Gasteiger partial charge is 0.331 e. The molecule has 11 nitrogen and oxygen atoms in total. The van der Waals surface area contributed by atoms with E-state index in [9.17, 15) is 24.3 Å². The number of nitrogens with zero attached hydrogens (tertiary/aromatic N) is 5. The van der Waals surface area contributed by atoms with Crippen molar-refractivity contribution in [3.63, 3.8) is 0 Å². The second-order valence-corrected chi connectivity index (χ2v) is 8.96. The third-order valence-corrected chi connectivity index (χ3v) is 6.39. The molecule has 2 amide bonds. The van der Waals surface area contributed by atoms with Gasteiger partial charge in [0, 0.05) is 30.3 Å². The summed E-state index contributed by atoms with van der Waals surface area (Å²) < 4.78 is 7.27. The van der Waals surface area contributed by atoms with Crippen LogP contribution in [0.4, 0.5) is 0 Å². The van der Waals surface area contributed by atoms with Gasteiger partial charge < -0.3 is 9.63 Å². The van der Waals surface area contributed by atoms with Crippen LogP contribution >= 0.6 is 11.6 Å². The van der Waals surface area contributed by atoms with Crippen LogP contribution in [0.1, 0.15) is 49.8 Å². The molecular formula is C25H20ClN5O6. The van der Waals surface area contributed by atoms with E-state index < -0.39 is 29.2 Å². The van der Waals surface area contributed by atoms with Gasteiger partial charge in [-0.3, -0.25) is 28.4 Å². The van der Waals surface area contributed by atoms with Gasteiger partial charge in [0.1, 0.15) is 6.54 Å². The Balaban J connectivity index is 1.33. The molecule has 2 aromatic carbocycles. The number of hydrogen-bond acceptors (Lipinski definition) is 8. The summed E-state index contributed by atoms with van der Waals surface area (Å²) in [5.74, 6) is -0.775. The lowest BCUT2D eigenvalue weighted by atomic mass is 10.1. The minimum absolute atomic E-state index is 0.00519. The van der Waals surface area contributed by atoms with Crippen molar-refractivity contribution in [2.75, 3.05) is 0 Å². The molecule has 0 saturated heterocycles. The van der Waals surface area contributed by atoms with Crippen LogP contribution in [0.15, 0.2) is 68.7 Å². The van der Waals surface area contributed by atoms with E-state index in [1.165, 1.54) is 17.7 Å². The maximum Gasteiger partial charge on any atom is 0.331 e. The number of amides is 2. The molecule has 1 aliphatic rings. The lowest BCUT2D eigenvalue weighted by molar-refractivity contribution is 0.0638. The van der Waals surface area contributed by atoms with Gasteiger partial charge in [-0.1, -0.05) is 41.0 Å². The first kappa shape index (κ1) is 24.3. The Morgan fingerprint density at radius 1 is 0.973 bits per heavy atom. The second-order valence-electron chi connectivity index (χ2n) is 8.52. The van der Waals surface area contributed by atoms with Crippen LogP contribution in [-0.2, 0) is 26.6 Å². The predicted octanol–water partition coefficient (Wildman–Crippen LogP) is 1.70. The van der Waals surface area contributed by atoms with Crippen molar-refractivity contribution >= 4 is 23.4 Å². The van der Waals surface area contributed by atoms with E-state index in [-0.39, 0.29) is 48.0 Å². The topological polar surface area (TPSA) is 141 Å². The molecule has 1 aliphatic heterocycles. The number of halogens is 1. The summed E-state index contributed by atoms with van der Waals surface area (Å²) in [6, 6.07) is 14.3. The van der Waals surface area contributed by atoms with Crippen LogP contribution in [0, 0.1) is 0 Å². The second kappa shape index (κ2) is 9.60. The fourth-order valence-electron chi connectivity index (χ4n) is 4.11. The highest BCUT2D eigenvalue weighted by molar-refractivity contribution is 6.30. The molecule has 188 valence electrons. The van der Waals surface area contributed by atoms with Crippen molar-refractivity contribution in [2.24, 2.45) is 7.05 Å². The monoisotopic (exact) mass is 521 g/mol. The number of fused-ring (bicyclic) bond motifs is 1. The quantitative estimate of drug-likeness (QED) is 0.362. The van der Waals surface area contributed by atoms with Crippen molar-refractivity contribution in [3.8, 4) is 0 Å². The molecule has 1 unspecified atom stereocenters. The zero-order valence-corrected chi connectivity index (χ0v) is 20.3. The van der Waals surface area contributed by atoms with Crippen LogP contribution in [0.5, 0.6) is 0 Å². The first-order valence-corrected chi connectivity index (χ1v) is 11.6. The van der Waals surface area contributed by atoms with E-state index in [1.807, 2.05) is 0 Å². The molecule has 1 atom stereocenters. The van der Waals surface area contributed by atoms with Crippen LogP contribution in [0.2, 0.25) is 5.02 Å². The standard InChI is InChI=1S/C25H20ClN5O6/c1-29-16(12-31-23(34)17-4-2-3-5-18(17)24(31)35)10-22(33)30(25(29)36)13-21-27-20(28-37-21)11-19(32)14-6-8-15(26)9-7-14/h2-10,19,32H,11-13H2,1H3. The molecule has 0 aliphatic carbocycles. The van der Waals surface area contributed by atoms with Crippen molar-refractivity contribution in [1.29, 1.82) is 0 Å². The van der Waals surface area contributed by atoms with Crippen LogP contribution in [0.3, 0.4) is 0 Å². The summed E-state index contributed by atoms with van der Waals surface area (Å²) in [4.78, 5) is 56.3. The van der Waals surface area contributed by atoms with E-state index >= 15 is 0 Å². The molecule has 0 radical (unpaired) electrons. The fraction of sp³-hybridized carbons (Fsp3) is 0.200. The SMILES string of the molecule is Cn1c(CN2C(=O)c3ccccc3C2=O)cc(=O)n(Cc2nc(CC(O)c3ccc(Cl)cc3)no2)c1=O. The van der Waals surface area contributed by atoms with Gasteiger partial charge >= 0.3 is 5.69 Å². The van der Waals surface area contributed by atoms with Crippen molar-refractivity contribution < 1.29 is 19.2 Å². The molecule has 0 fully saturated rings. The van der Waals surface area contributed by atoms with Crippen molar-refractivity contribution in [1.82, 2.24) is 24.2 Å². The van der Waals surface area contributed by atoms with E-state index in [2.05, 4.69) is 10.1 Å². The zero-order valence-electron chi connectivity index (χ0n) is 19.5. The Bertz CT molecular complexity index is 1600. The van der Waals surface area contributed by atoms with Gasteiger partial charge in [-0.25, -0.2) is 4.79 Å². The number of aromatic nitrogens is 4. The van der Waals surface area contributed by atoms with Crippen molar-refractivity contribution in [3.05, 3.63) is 115 Å². The molecule has 0 spiro atoms. The number of benzene rings is 2. The van der Waals surface area contributed by atoms with Gasteiger partial charge in [-0.15, -0.1) is 0 Å². The zero-order chi connectivity index (χ0) is 26.3. The highest BCUT2D eigenvalue weighted by Crippen LogP contribution is 2.24. The lowest BCUT2D eigenvalue weighted by Crippen LogP contribution is -2.42. The number of rotatable bonds is 7. The molecule has 0 bridgehead atoms. The Labute approximate surface area is 214 Å². The molecule has 1 N–H and O–H groups in total. The Hall–Kier alpha value is -4.35. The molecule has 2 aromatic heterocycles. The number of aliphatic hydroxyl groups excluding tert-OH is 1.